The average molecular weight is 202 g/mol. The number of fused-ring (bicyclic) bond motifs is 1. The van der Waals surface area contributed by atoms with Crippen LogP contribution < -0.4 is 4.90 Å². The standard InChI is InChI=1S/C10H10N4O/c15-10-2-1-5-13(10)8-3-4-9-11-7-12-14(9)6-8/h3-4,6-7H,1-2,5H2. The molecule has 1 fully saturated rings. The molecule has 0 unspecified atom stereocenters. The summed E-state index contributed by atoms with van der Waals surface area (Å²) in [5, 5.41) is 4.04. The van der Waals surface area contributed by atoms with E-state index in [9.17, 15) is 4.79 Å². The quantitative estimate of drug-likeness (QED) is 0.689. The number of carbonyl (C=O) groups is 1. The second-order valence-corrected chi connectivity index (χ2v) is 3.60. The van der Waals surface area contributed by atoms with E-state index in [1.807, 2.05) is 18.3 Å². The maximum absolute atomic E-state index is 11.5. The van der Waals surface area contributed by atoms with E-state index in [0.29, 0.717) is 6.42 Å². The number of aromatic nitrogens is 3. The zero-order chi connectivity index (χ0) is 10.3. The summed E-state index contributed by atoms with van der Waals surface area (Å²) in [5.41, 5.74) is 1.70. The number of hydrogen-bond donors (Lipinski definition) is 0. The lowest BCUT2D eigenvalue weighted by Gasteiger charge is -2.14. The van der Waals surface area contributed by atoms with Gasteiger partial charge in [-0.2, -0.15) is 5.10 Å². The molecule has 15 heavy (non-hydrogen) atoms. The number of rotatable bonds is 1. The number of amides is 1. The molecular weight excluding hydrogens is 192 g/mol. The Morgan fingerprint density at radius 2 is 2.27 bits per heavy atom. The Kier molecular flexibility index (Phi) is 1.71. The fourth-order valence-corrected chi connectivity index (χ4v) is 1.89. The van der Waals surface area contributed by atoms with E-state index < -0.39 is 0 Å². The van der Waals surface area contributed by atoms with E-state index >= 15 is 0 Å². The minimum atomic E-state index is 0.189. The second kappa shape index (κ2) is 3.05. The highest BCUT2D eigenvalue weighted by Crippen LogP contribution is 2.20. The molecule has 3 rings (SSSR count). The van der Waals surface area contributed by atoms with Gasteiger partial charge in [-0.1, -0.05) is 0 Å². The fraction of sp³-hybridized carbons (Fsp3) is 0.300. The highest BCUT2D eigenvalue weighted by molar-refractivity contribution is 5.95. The summed E-state index contributed by atoms with van der Waals surface area (Å²) in [6.07, 6.45) is 4.93. The molecule has 0 atom stereocenters. The van der Waals surface area contributed by atoms with Crippen molar-refractivity contribution in [3.05, 3.63) is 24.7 Å². The molecule has 2 aromatic heterocycles. The van der Waals surface area contributed by atoms with Crippen LogP contribution in [-0.2, 0) is 4.79 Å². The monoisotopic (exact) mass is 202 g/mol. The van der Waals surface area contributed by atoms with Gasteiger partial charge < -0.3 is 4.90 Å². The van der Waals surface area contributed by atoms with Crippen molar-refractivity contribution in [3.8, 4) is 0 Å². The lowest BCUT2D eigenvalue weighted by molar-refractivity contribution is -0.117. The molecule has 1 aliphatic rings. The van der Waals surface area contributed by atoms with E-state index in [1.54, 1.807) is 9.42 Å². The maximum atomic E-state index is 11.5. The number of pyridine rings is 1. The Bertz CT molecular complexity index is 519. The molecule has 1 amide bonds. The predicted octanol–water partition coefficient (Wildman–Crippen LogP) is 0.856. The summed E-state index contributed by atoms with van der Waals surface area (Å²) in [6.45, 7) is 0.805. The van der Waals surface area contributed by atoms with Gasteiger partial charge in [-0.3, -0.25) is 4.79 Å². The Hall–Kier alpha value is -1.91. The molecule has 0 bridgehead atoms. The molecule has 0 radical (unpaired) electrons. The summed E-state index contributed by atoms with van der Waals surface area (Å²) in [7, 11) is 0. The highest BCUT2D eigenvalue weighted by atomic mass is 16.2. The first-order chi connectivity index (χ1) is 7.34. The first kappa shape index (κ1) is 8.40. The van der Waals surface area contributed by atoms with Crippen molar-refractivity contribution < 1.29 is 4.79 Å². The van der Waals surface area contributed by atoms with Gasteiger partial charge in [-0.15, -0.1) is 0 Å². The number of nitrogens with zero attached hydrogens (tertiary/aromatic N) is 4. The normalized spacial score (nSPS) is 16.5. The van der Waals surface area contributed by atoms with Gasteiger partial charge in [0, 0.05) is 13.0 Å². The SMILES string of the molecule is O=C1CCCN1c1ccc2ncnn2c1. The molecule has 0 aromatic carbocycles. The van der Waals surface area contributed by atoms with Gasteiger partial charge in [0.15, 0.2) is 5.65 Å². The molecular formula is C10H10N4O. The van der Waals surface area contributed by atoms with Gasteiger partial charge in [0.2, 0.25) is 5.91 Å². The Balaban J connectivity index is 2.06. The molecule has 2 aromatic rings. The topological polar surface area (TPSA) is 50.5 Å². The molecule has 1 aliphatic heterocycles. The minimum absolute atomic E-state index is 0.189. The van der Waals surface area contributed by atoms with E-state index in [2.05, 4.69) is 10.1 Å². The van der Waals surface area contributed by atoms with Crippen LogP contribution in [0.4, 0.5) is 5.69 Å². The highest BCUT2D eigenvalue weighted by Gasteiger charge is 2.21. The molecule has 76 valence electrons. The molecule has 5 nitrogen and oxygen atoms in total. The zero-order valence-electron chi connectivity index (χ0n) is 8.13. The van der Waals surface area contributed by atoms with Gasteiger partial charge in [0.05, 0.1) is 11.9 Å². The minimum Gasteiger partial charge on any atom is -0.311 e. The molecule has 5 heteroatoms. The van der Waals surface area contributed by atoms with Crippen LogP contribution >= 0.6 is 0 Å². The summed E-state index contributed by atoms with van der Waals surface area (Å²) in [5.74, 6) is 0.189. The van der Waals surface area contributed by atoms with Crippen LogP contribution in [0.3, 0.4) is 0 Å². The first-order valence-corrected chi connectivity index (χ1v) is 4.94. The number of anilines is 1. The van der Waals surface area contributed by atoms with Crippen molar-refractivity contribution in [3.63, 3.8) is 0 Å². The predicted molar refractivity (Wildman–Crippen MR) is 54.6 cm³/mol. The smallest absolute Gasteiger partial charge is 0.227 e. The van der Waals surface area contributed by atoms with Crippen molar-refractivity contribution in [2.45, 2.75) is 12.8 Å². The second-order valence-electron chi connectivity index (χ2n) is 3.60. The zero-order valence-corrected chi connectivity index (χ0v) is 8.13. The number of carbonyl (C=O) groups excluding carboxylic acids is 1. The van der Waals surface area contributed by atoms with Crippen LogP contribution in [-0.4, -0.2) is 27.0 Å². The summed E-state index contributed by atoms with van der Waals surface area (Å²) < 4.78 is 1.68. The van der Waals surface area contributed by atoms with Crippen molar-refractivity contribution in [1.29, 1.82) is 0 Å². The van der Waals surface area contributed by atoms with Gasteiger partial charge in [-0.25, -0.2) is 9.50 Å². The maximum Gasteiger partial charge on any atom is 0.227 e. The molecule has 3 heterocycles. The van der Waals surface area contributed by atoms with Crippen molar-refractivity contribution in [1.82, 2.24) is 14.6 Å². The number of hydrogen-bond acceptors (Lipinski definition) is 3. The third-order valence-corrected chi connectivity index (χ3v) is 2.64. The van der Waals surface area contributed by atoms with E-state index in [4.69, 9.17) is 0 Å². The summed E-state index contributed by atoms with van der Waals surface area (Å²) in [4.78, 5) is 17.4. The van der Waals surface area contributed by atoms with E-state index in [-0.39, 0.29) is 5.91 Å². The molecule has 0 saturated carbocycles. The van der Waals surface area contributed by atoms with E-state index in [1.165, 1.54) is 6.33 Å². The summed E-state index contributed by atoms with van der Waals surface area (Å²) in [6, 6.07) is 3.78. The summed E-state index contributed by atoms with van der Waals surface area (Å²) >= 11 is 0. The van der Waals surface area contributed by atoms with Crippen molar-refractivity contribution >= 4 is 17.2 Å². The van der Waals surface area contributed by atoms with Gasteiger partial charge in [-0.05, 0) is 18.6 Å². The van der Waals surface area contributed by atoms with Gasteiger partial charge in [0.25, 0.3) is 0 Å². The van der Waals surface area contributed by atoms with Crippen LogP contribution in [0.25, 0.3) is 5.65 Å². The third-order valence-electron chi connectivity index (χ3n) is 2.64. The fourth-order valence-electron chi connectivity index (χ4n) is 1.89. The average Bonchev–Trinajstić information content (AvgIpc) is 2.84. The van der Waals surface area contributed by atoms with Crippen LogP contribution in [0.2, 0.25) is 0 Å². The van der Waals surface area contributed by atoms with E-state index in [0.717, 1.165) is 24.3 Å². The molecule has 0 aliphatic carbocycles. The van der Waals surface area contributed by atoms with Crippen LogP contribution in [0.15, 0.2) is 24.7 Å². The molecule has 1 saturated heterocycles. The Morgan fingerprint density at radius 1 is 1.33 bits per heavy atom. The Labute approximate surface area is 86.3 Å². The van der Waals surface area contributed by atoms with Crippen molar-refractivity contribution in [2.75, 3.05) is 11.4 Å². The largest absolute Gasteiger partial charge is 0.311 e. The van der Waals surface area contributed by atoms with Crippen LogP contribution in [0.1, 0.15) is 12.8 Å². The van der Waals surface area contributed by atoms with Crippen LogP contribution in [0, 0.1) is 0 Å². The lowest BCUT2D eigenvalue weighted by atomic mass is 10.4. The van der Waals surface area contributed by atoms with Crippen LogP contribution in [0.5, 0.6) is 0 Å². The third kappa shape index (κ3) is 1.27. The molecule has 0 N–H and O–H groups in total. The lowest BCUT2D eigenvalue weighted by Crippen LogP contribution is -2.23. The van der Waals surface area contributed by atoms with Crippen molar-refractivity contribution in [2.24, 2.45) is 0 Å². The van der Waals surface area contributed by atoms with Gasteiger partial charge in [0.1, 0.15) is 6.33 Å². The first-order valence-electron chi connectivity index (χ1n) is 4.94. The van der Waals surface area contributed by atoms with Gasteiger partial charge >= 0.3 is 0 Å². The molecule has 0 spiro atoms. The Morgan fingerprint density at radius 3 is 3.07 bits per heavy atom.